The van der Waals surface area contributed by atoms with Crippen LogP contribution in [-0.2, 0) is 4.79 Å². The van der Waals surface area contributed by atoms with E-state index in [1.807, 2.05) is 0 Å². The highest BCUT2D eigenvalue weighted by Crippen LogP contribution is 2.49. The number of hydrogen-bond donors (Lipinski definition) is 1. The topological polar surface area (TPSA) is 88.3 Å². The Hall–Kier alpha value is -2.70. The number of hydrogen-bond acceptors (Lipinski definition) is 4. The van der Waals surface area contributed by atoms with Crippen LogP contribution >= 0.6 is 0 Å². The number of likely N-dealkylation sites (tertiary alicyclic amines) is 1. The van der Waals surface area contributed by atoms with Crippen molar-refractivity contribution in [3.8, 4) is 5.82 Å². The summed E-state index contributed by atoms with van der Waals surface area (Å²) in [5, 5.41) is 13.8. The Labute approximate surface area is 138 Å². The van der Waals surface area contributed by atoms with Crippen molar-refractivity contribution in [3.63, 3.8) is 0 Å². The maximum atomic E-state index is 12.8. The molecule has 1 saturated carbocycles. The van der Waals surface area contributed by atoms with Crippen molar-refractivity contribution < 1.29 is 14.7 Å². The maximum absolute atomic E-state index is 12.8. The summed E-state index contributed by atoms with van der Waals surface area (Å²) in [6.07, 6.45) is 5.85. The van der Waals surface area contributed by atoms with Crippen LogP contribution < -0.4 is 0 Å². The lowest BCUT2D eigenvalue weighted by Gasteiger charge is -2.23. The number of carbonyl (C=O) groups excluding carboxylic acids is 1. The molecule has 1 amide bonds. The zero-order valence-electron chi connectivity index (χ0n) is 13.1. The van der Waals surface area contributed by atoms with Crippen LogP contribution in [0.1, 0.15) is 29.8 Å². The molecule has 0 spiro atoms. The first kappa shape index (κ1) is 14.9. The zero-order valence-corrected chi connectivity index (χ0v) is 13.1. The predicted octanol–water partition coefficient (Wildman–Crippen LogP) is 1.59. The van der Waals surface area contributed by atoms with E-state index in [2.05, 4.69) is 10.1 Å². The Balaban J connectivity index is 1.59. The van der Waals surface area contributed by atoms with Gasteiger partial charge in [-0.3, -0.25) is 9.59 Å². The van der Waals surface area contributed by atoms with Gasteiger partial charge in [-0.05, 0) is 37.0 Å². The molecule has 2 aromatic rings. The highest BCUT2D eigenvalue weighted by molar-refractivity contribution is 5.93. The largest absolute Gasteiger partial charge is 0.481 e. The summed E-state index contributed by atoms with van der Waals surface area (Å²) in [5.41, 5.74) is -0.446. The van der Waals surface area contributed by atoms with Gasteiger partial charge in [0.1, 0.15) is 5.69 Å². The Morgan fingerprint density at radius 1 is 1.29 bits per heavy atom. The molecule has 0 unspecified atom stereocenters. The number of fused-ring (bicyclic) bond motifs is 1. The molecule has 1 N–H and O–H groups in total. The number of aliphatic carboxylic acids is 1. The molecular formula is C17H18N4O3. The normalized spacial score (nSPS) is 25.7. The Kier molecular flexibility index (Phi) is 3.37. The number of carboxylic acids is 1. The van der Waals surface area contributed by atoms with E-state index in [0.717, 1.165) is 12.8 Å². The third-order valence-electron chi connectivity index (χ3n) is 5.28. The van der Waals surface area contributed by atoms with Gasteiger partial charge in [0.15, 0.2) is 5.82 Å². The van der Waals surface area contributed by atoms with Crippen LogP contribution in [0.2, 0.25) is 0 Å². The molecule has 2 aliphatic rings. The third-order valence-corrected chi connectivity index (χ3v) is 5.28. The van der Waals surface area contributed by atoms with Gasteiger partial charge in [-0.2, -0.15) is 5.10 Å². The van der Waals surface area contributed by atoms with Gasteiger partial charge in [-0.1, -0.05) is 12.5 Å². The summed E-state index contributed by atoms with van der Waals surface area (Å²) in [5.74, 6) is -0.371. The summed E-state index contributed by atoms with van der Waals surface area (Å²) in [7, 11) is 0. The van der Waals surface area contributed by atoms with Crippen molar-refractivity contribution >= 4 is 11.9 Å². The first-order chi connectivity index (χ1) is 11.6. The Bertz CT molecular complexity index is 789. The van der Waals surface area contributed by atoms with Crippen LogP contribution in [0.5, 0.6) is 0 Å². The lowest BCUT2D eigenvalue weighted by Crippen LogP contribution is -2.37. The lowest BCUT2D eigenvalue weighted by molar-refractivity contribution is -0.149. The smallest absolute Gasteiger partial charge is 0.311 e. The molecule has 1 aliphatic heterocycles. The minimum Gasteiger partial charge on any atom is -0.481 e. The van der Waals surface area contributed by atoms with Gasteiger partial charge in [0.25, 0.3) is 5.91 Å². The molecule has 4 rings (SSSR count). The lowest BCUT2D eigenvalue weighted by atomic mass is 9.81. The van der Waals surface area contributed by atoms with E-state index in [1.165, 1.54) is 0 Å². The van der Waals surface area contributed by atoms with Crippen LogP contribution in [0.4, 0.5) is 0 Å². The fourth-order valence-electron chi connectivity index (χ4n) is 4.03. The first-order valence-electron chi connectivity index (χ1n) is 8.10. The van der Waals surface area contributed by atoms with Crippen molar-refractivity contribution in [1.82, 2.24) is 19.7 Å². The van der Waals surface area contributed by atoms with Crippen molar-refractivity contribution in [2.75, 3.05) is 13.1 Å². The van der Waals surface area contributed by atoms with Gasteiger partial charge in [0.05, 0.1) is 5.41 Å². The summed E-state index contributed by atoms with van der Waals surface area (Å²) in [6, 6.07) is 6.99. The Morgan fingerprint density at radius 3 is 2.88 bits per heavy atom. The van der Waals surface area contributed by atoms with Crippen LogP contribution in [0, 0.1) is 11.3 Å². The highest BCUT2D eigenvalue weighted by Gasteiger charge is 2.55. The van der Waals surface area contributed by atoms with E-state index >= 15 is 0 Å². The Morgan fingerprint density at radius 2 is 2.17 bits per heavy atom. The minimum absolute atomic E-state index is 0.0493. The molecule has 2 aromatic heterocycles. The SMILES string of the molecule is O=C(c1cccc(-n2cccn2)n1)N1C[C@@H]2CCC[C@@]2(C(=O)O)C1. The van der Waals surface area contributed by atoms with Crippen molar-refractivity contribution in [2.24, 2.45) is 11.3 Å². The van der Waals surface area contributed by atoms with Gasteiger partial charge in [0, 0.05) is 25.5 Å². The summed E-state index contributed by atoms with van der Waals surface area (Å²) >= 11 is 0. The molecule has 2 atom stereocenters. The van der Waals surface area contributed by atoms with E-state index in [0.29, 0.717) is 24.5 Å². The van der Waals surface area contributed by atoms with Gasteiger partial charge < -0.3 is 10.0 Å². The molecule has 0 aromatic carbocycles. The number of pyridine rings is 1. The quantitative estimate of drug-likeness (QED) is 0.925. The number of carboxylic acid groups (broad SMARTS) is 1. The molecule has 0 radical (unpaired) electrons. The third kappa shape index (κ3) is 2.19. The number of nitrogens with zero attached hydrogens (tertiary/aromatic N) is 4. The number of aromatic nitrogens is 3. The second-order valence-electron chi connectivity index (χ2n) is 6.57. The molecule has 24 heavy (non-hydrogen) atoms. The average Bonchev–Trinajstić information content (AvgIpc) is 3.29. The molecule has 7 nitrogen and oxygen atoms in total. The number of amides is 1. The molecule has 7 heteroatoms. The summed E-state index contributed by atoms with van der Waals surface area (Å²) in [4.78, 5) is 30.6. The predicted molar refractivity (Wildman–Crippen MR) is 84.7 cm³/mol. The standard InChI is InChI=1S/C17H18N4O3/c22-15(13-5-1-6-14(19-13)21-9-3-8-18-21)20-10-12-4-2-7-17(12,11-20)16(23)24/h1,3,5-6,8-9,12H,2,4,7,10-11H2,(H,23,24)/t12-,17+/m0/s1. The fourth-order valence-corrected chi connectivity index (χ4v) is 4.03. The molecule has 3 heterocycles. The second kappa shape index (κ2) is 5.43. The van der Waals surface area contributed by atoms with Crippen LogP contribution in [0.3, 0.4) is 0 Å². The molecule has 1 saturated heterocycles. The fraction of sp³-hybridized carbons (Fsp3) is 0.412. The van der Waals surface area contributed by atoms with Crippen LogP contribution in [0.15, 0.2) is 36.7 Å². The van der Waals surface area contributed by atoms with Crippen molar-refractivity contribution in [1.29, 1.82) is 0 Å². The van der Waals surface area contributed by atoms with Crippen molar-refractivity contribution in [2.45, 2.75) is 19.3 Å². The molecule has 2 fully saturated rings. The van der Waals surface area contributed by atoms with Crippen LogP contribution in [0.25, 0.3) is 5.82 Å². The van der Waals surface area contributed by atoms with Crippen LogP contribution in [-0.4, -0.2) is 49.7 Å². The van der Waals surface area contributed by atoms with Gasteiger partial charge >= 0.3 is 5.97 Å². The van der Waals surface area contributed by atoms with E-state index in [-0.39, 0.29) is 18.4 Å². The van der Waals surface area contributed by atoms with E-state index in [9.17, 15) is 14.7 Å². The summed E-state index contributed by atoms with van der Waals surface area (Å²) < 4.78 is 1.59. The van der Waals surface area contributed by atoms with E-state index in [1.54, 1.807) is 46.2 Å². The maximum Gasteiger partial charge on any atom is 0.311 e. The number of rotatable bonds is 3. The van der Waals surface area contributed by atoms with E-state index < -0.39 is 11.4 Å². The van der Waals surface area contributed by atoms with Gasteiger partial charge in [-0.15, -0.1) is 0 Å². The van der Waals surface area contributed by atoms with Crippen molar-refractivity contribution in [3.05, 3.63) is 42.4 Å². The van der Waals surface area contributed by atoms with Gasteiger partial charge in [0.2, 0.25) is 0 Å². The van der Waals surface area contributed by atoms with E-state index in [4.69, 9.17) is 0 Å². The molecule has 1 aliphatic carbocycles. The highest BCUT2D eigenvalue weighted by atomic mass is 16.4. The zero-order chi connectivity index (χ0) is 16.7. The molecule has 0 bridgehead atoms. The van der Waals surface area contributed by atoms with Gasteiger partial charge in [-0.25, -0.2) is 9.67 Å². The monoisotopic (exact) mass is 326 g/mol. The first-order valence-corrected chi connectivity index (χ1v) is 8.10. The summed E-state index contributed by atoms with van der Waals surface area (Å²) in [6.45, 7) is 0.776. The minimum atomic E-state index is -0.779. The average molecular weight is 326 g/mol. The number of carbonyl (C=O) groups is 2. The molecule has 124 valence electrons. The second-order valence-corrected chi connectivity index (χ2v) is 6.57. The molecular weight excluding hydrogens is 308 g/mol.